The number of nitrogens with one attached hydrogen (secondary N) is 3. The molecule has 0 saturated carbocycles. The standard InChI is InChI=1S/C13H16ClN3O2S/c1-8(2)12(19)15-13(20)17-16-11(18)7-9-3-5-10(14)6-4-9/h3-6,8H,7H2,1-2H3,(H,16,18)(H2,15,17,19,20). The Morgan fingerprint density at radius 3 is 2.35 bits per heavy atom. The zero-order chi connectivity index (χ0) is 15.1. The lowest BCUT2D eigenvalue weighted by molar-refractivity contribution is -0.123. The summed E-state index contributed by atoms with van der Waals surface area (Å²) in [5.41, 5.74) is 5.71. The Kier molecular flexibility index (Phi) is 6.41. The van der Waals surface area contributed by atoms with Gasteiger partial charge in [0, 0.05) is 10.9 Å². The van der Waals surface area contributed by atoms with Crippen LogP contribution in [0.1, 0.15) is 19.4 Å². The Morgan fingerprint density at radius 2 is 1.80 bits per heavy atom. The van der Waals surface area contributed by atoms with E-state index in [1.165, 1.54) is 0 Å². The first kappa shape index (κ1) is 16.4. The Hall–Kier alpha value is -1.66. The first-order valence-corrected chi connectivity index (χ1v) is 6.81. The van der Waals surface area contributed by atoms with E-state index < -0.39 is 0 Å². The molecular formula is C13H16ClN3O2S. The first-order valence-electron chi connectivity index (χ1n) is 6.02. The van der Waals surface area contributed by atoms with Gasteiger partial charge in [-0.15, -0.1) is 0 Å². The monoisotopic (exact) mass is 313 g/mol. The number of amides is 2. The van der Waals surface area contributed by atoms with Crippen molar-refractivity contribution in [2.75, 3.05) is 0 Å². The summed E-state index contributed by atoms with van der Waals surface area (Å²) in [5, 5.41) is 3.13. The molecule has 7 heteroatoms. The SMILES string of the molecule is CC(C)C(=O)NC(=S)NNC(=O)Cc1ccc(Cl)cc1. The highest BCUT2D eigenvalue weighted by molar-refractivity contribution is 7.80. The fraction of sp³-hybridized carbons (Fsp3) is 0.308. The molecule has 0 unspecified atom stereocenters. The van der Waals surface area contributed by atoms with Gasteiger partial charge in [0.05, 0.1) is 6.42 Å². The molecule has 3 N–H and O–H groups in total. The summed E-state index contributed by atoms with van der Waals surface area (Å²) in [6.45, 7) is 3.49. The first-order chi connectivity index (χ1) is 9.38. The molecule has 0 aliphatic carbocycles. The molecule has 5 nitrogen and oxygen atoms in total. The van der Waals surface area contributed by atoms with Crippen LogP contribution in [-0.2, 0) is 16.0 Å². The Bertz CT molecular complexity index is 503. The second-order valence-corrected chi connectivity index (χ2v) is 5.29. The van der Waals surface area contributed by atoms with Gasteiger partial charge in [-0.2, -0.15) is 0 Å². The van der Waals surface area contributed by atoms with Gasteiger partial charge >= 0.3 is 0 Å². The van der Waals surface area contributed by atoms with Gasteiger partial charge < -0.3 is 5.32 Å². The van der Waals surface area contributed by atoms with E-state index in [9.17, 15) is 9.59 Å². The lowest BCUT2D eigenvalue weighted by Gasteiger charge is -2.12. The Labute approximate surface area is 128 Å². The van der Waals surface area contributed by atoms with Crippen molar-refractivity contribution in [3.8, 4) is 0 Å². The third-order valence-corrected chi connectivity index (χ3v) is 2.81. The molecule has 0 aliphatic heterocycles. The van der Waals surface area contributed by atoms with Gasteiger partial charge in [-0.3, -0.25) is 20.4 Å². The fourth-order valence-electron chi connectivity index (χ4n) is 1.25. The lowest BCUT2D eigenvalue weighted by atomic mass is 10.1. The Morgan fingerprint density at radius 1 is 1.20 bits per heavy atom. The van der Waals surface area contributed by atoms with Gasteiger partial charge in [0.1, 0.15) is 0 Å². The summed E-state index contributed by atoms with van der Waals surface area (Å²) in [6, 6.07) is 6.96. The molecule has 1 rings (SSSR count). The van der Waals surface area contributed by atoms with Crippen LogP contribution in [0.5, 0.6) is 0 Å². The van der Waals surface area contributed by atoms with Crippen molar-refractivity contribution in [2.24, 2.45) is 5.92 Å². The molecule has 0 aromatic heterocycles. The van der Waals surface area contributed by atoms with Crippen molar-refractivity contribution in [1.29, 1.82) is 0 Å². The number of carbonyl (C=O) groups excluding carboxylic acids is 2. The van der Waals surface area contributed by atoms with Crippen LogP contribution in [-0.4, -0.2) is 16.9 Å². The summed E-state index contributed by atoms with van der Waals surface area (Å²) < 4.78 is 0. The second-order valence-electron chi connectivity index (χ2n) is 4.45. The van der Waals surface area contributed by atoms with Gasteiger partial charge in [0.2, 0.25) is 11.8 Å². The third kappa shape index (κ3) is 5.99. The van der Waals surface area contributed by atoms with Crippen LogP contribution >= 0.6 is 23.8 Å². The minimum absolute atomic E-state index is 0.0631. The average molecular weight is 314 g/mol. The number of hydrogen-bond donors (Lipinski definition) is 3. The van der Waals surface area contributed by atoms with Crippen LogP contribution < -0.4 is 16.2 Å². The van der Waals surface area contributed by atoms with Crippen LogP contribution in [0, 0.1) is 5.92 Å². The highest BCUT2D eigenvalue weighted by atomic mass is 35.5. The van der Waals surface area contributed by atoms with Gasteiger partial charge in [-0.05, 0) is 29.9 Å². The summed E-state index contributed by atoms with van der Waals surface area (Å²) in [7, 11) is 0. The smallest absolute Gasteiger partial charge is 0.242 e. The maximum atomic E-state index is 11.6. The molecule has 1 aromatic carbocycles. The van der Waals surface area contributed by atoms with Crippen LogP contribution in [0.15, 0.2) is 24.3 Å². The molecule has 108 valence electrons. The van der Waals surface area contributed by atoms with E-state index in [-0.39, 0.29) is 29.3 Å². The number of hydrazine groups is 1. The van der Waals surface area contributed by atoms with Crippen molar-refractivity contribution in [1.82, 2.24) is 16.2 Å². The number of thiocarbonyl (C=S) groups is 1. The van der Waals surface area contributed by atoms with Crippen molar-refractivity contribution >= 4 is 40.7 Å². The van der Waals surface area contributed by atoms with E-state index in [4.69, 9.17) is 23.8 Å². The minimum atomic E-state index is -0.270. The molecule has 0 radical (unpaired) electrons. The van der Waals surface area contributed by atoms with Crippen LogP contribution in [0.4, 0.5) is 0 Å². The number of halogens is 1. The highest BCUT2D eigenvalue weighted by Crippen LogP contribution is 2.09. The topological polar surface area (TPSA) is 70.2 Å². The molecule has 0 aliphatic rings. The molecule has 2 amide bonds. The summed E-state index contributed by atoms with van der Waals surface area (Å²) >= 11 is 10.6. The third-order valence-electron chi connectivity index (χ3n) is 2.35. The van der Waals surface area contributed by atoms with E-state index in [1.807, 2.05) is 0 Å². The predicted molar refractivity (Wildman–Crippen MR) is 82.0 cm³/mol. The van der Waals surface area contributed by atoms with Crippen LogP contribution in [0.2, 0.25) is 5.02 Å². The van der Waals surface area contributed by atoms with Crippen molar-refractivity contribution < 1.29 is 9.59 Å². The molecule has 0 saturated heterocycles. The van der Waals surface area contributed by atoms with E-state index >= 15 is 0 Å². The Balaban J connectivity index is 2.34. The van der Waals surface area contributed by atoms with Crippen molar-refractivity contribution in [3.05, 3.63) is 34.9 Å². The molecular weight excluding hydrogens is 298 g/mol. The maximum Gasteiger partial charge on any atom is 0.242 e. The zero-order valence-electron chi connectivity index (χ0n) is 11.2. The minimum Gasteiger partial charge on any atom is -0.302 e. The lowest BCUT2D eigenvalue weighted by Crippen LogP contribution is -2.49. The number of hydrogen-bond acceptors (Lipinski definition) is 3. The van der Waals surface area contributed by atoms with Gasteiger partial charge in [0.25, 0.3) is 0 Å². The number of rotatable bonds is 3. The number of benzene rings is 1. The molecule has 0 atom stereocenters. The molecule has 0 bridgehead atoms. The quantitative estimate of drug-likeness (QED) is 0.585. The maximum absolute atomic E-state index is 11.6. The zero-order valence-corrected chi connectivity index (χ0v) is 12.8. The van der Waals surface area contributed by atoms with Crippen LogP contribution in [0.25, 0.3) is 0 Å². The predicted octanol–water partition coefficient (Wildman–Crippen LogP) is 1.56. The highest BCUT2D eigenvalue weighted by Gasteiger charge is 2.09. The number of carbonyl (C=O) groups is 2. The van der Waals surface area contributed by atoms with E-state index in [2.05, 4.69) is 16.2 Å². The molecule has 1 aromatic rings. The van der Waals surface area contributed by atoms with Crippen molar-refractivity contribution in [2.45, 2.75) is 20.3 Å². The second kappa shape index (κ2) is 7.81. The average Bonchev–Trinajstić information content (AvgIpc) is 2.39. The van der Waals surface area contributed by atoms with Gasteiger partial charge in [-0.25, -0.2) is 0 Å². The van der Waals surface area contributed by atoms with Crippen molar-refractivity contribution in [3.63, 3.8) is 0 Å². The van der Waals surface area contributed by atoms with Gasteiger partial charge in [0.15, 0.2) is 5.11 Å². The van der Waals surface area contributed by atoms with E-state index in [0.29, 0.717) is 5.02 Å². The molecule has 0 fully saturated rings. The van der Waals surface area contributed by atoms with E-state index in [0.717, 1.165) is 5.56 Å². The molecule has 0 spiro atoms. The molecule has 20 heavy (non-hydrogen) atoms. The van der Waals surface area contributed by atoms with Gasteiger partial charge in [-0.1, -0.05) is 37.6 Å². The molecule has 0 heterocycles. The summed E-state index contributed by atoms with van der Waals surface area (Å²) in [6.07, 6.45) is 0.185. The summed E-state index contributed by atoms with van der Waals surface area (Å²) in [5.74, 6) is -0.664. The normalized spacial score (nSPS) is 10.0. The van der Waals surface area contributed by atoms with Crippen LogP contribution in [0.3, 0.4) is 0 Å². The largest absolute Gasteiger partial charge is 0.302 e. The van der Waals surface area contributed by atoms with E-state index in [1.54, 1.807) is 38.1 Å². The summed E-state index contributed by atoms with van der Waals surface area (Å²) in [4.78, 5) is 23.0. The fourth-order valence-corrected chi connectivity index (χ4v) is 1.52.